The molecular weight excluding hydrogens is 231 g/mol. The third-order valence-corrected chi connectivity index (χ3v) is 2.98. The predicted molar refractivity (Wildman–Crippen MR) is 51.9 cm³/mol. The zero-order valence-corrected chi connectivity index (χ0v) is 9.07. The van der Waals surface area contributed by atoms with Crippen molar-refractivity contribution in [3.8, 4) is 0 Å². The molecule has 2 atom stereocenters. The number of nitrogens with one attached hydrogen (secondary N) is 1. The van der Waals surface area contributed by atoms with Gasteiger partial charge in [-0.25, -0.2) is 0 Å². The molecule has 1 rings (SSSR count). The molecule has 0 aromatic heterocycles. The van der Waals surface area contributed by atoms with Gasteiger partial charge in [0.2, 0.25) is 0 Å². The first-order chi connectivity index (χ1) is 6.99. The van der Waals surface area contributed by atoms with E-state index in [-0.39, 0.29) is 24.6 Å². The SMILES string of the molecule is FC(F)(F)OCCNC1CCCCC1Cl. The first-order valence-electron chi connectivity index (χ1n) is 5.07. The van der Waals surface area contributed by atoms with E-state index in [0.29, 0.717) is 0 Å². The summed E-state index contributed by atoms with van der Waals surface area (Å²) in [6.07, 6.45) is -0.486. The Kier molecular flexibility index (Phi) is 5.15. The normalized spacial score (nSPS) is 28.0. The average Bonchev–Trinajstić information content (AvgIpc) is 2.13. The van der Waals surface area contributed by atoms with Gasteiger partial charge in [0, 0.05) is 18.0 Å². The van der Waals surface area contributed by atoms with Crippen LogP contribution in [0.4, 0.5) is 13.2 Å². The van der Waals surface area contributed by atoms with Crippen LogP contribution >= 0.6 is 11.6 Å². The van der Waals surface area contributed by atoms with Gasteiger partial charge in [-0.2, -0.15) is 0 Å². The Morgan fingerprint density at radius 2 is 1.93 bits per heavy atom. The van der Waals surface area contributed by atoms with Crippen molar-refractivity contribution < 1.29 is 17.9 Å². The highest BCUT2D eigenvalue weighted by Gasteiger charge is 2.29. The molecule has 0 spiro atoms. The fourth-order valence-corrected chi connectivity index (χ4v) is 2.10. The van der Waals surface area contributed by atoms with Crippen LogP contribution in [-0.4, -0.2) is 30.9 Å². The third kappa shape index (κ3) is 5.58. The highest BCUT2D eigenvalue weighted by Crippen LogP contribution is 2.23. The lowest BCUT2D eigenvalue weighted by molar-refractivity contribution is -0.323. The van der Waals surface area contributed by atoms with Gasteiger partial charge in [0.15, 0.2) is 0 Å². The maximum absolute atomic E-state index is 11.6. The van der Waals surface area contributed by atoms with Gasteiger partial charge in [0.1, 0.15) is 0 Å². The summed E-state index contributed by atoms with van der Waals surface area (Å²) in [5, 5.41) is 3.02. The Morgan fingerprint density at radius 1 is 1.27 bits per heavy atom. The second kappa shape index (κ2) is 5.92. The minimum atomic E-state index is -4.53. The molecule has 2 unspecified atom stereocenters. The van der Waals surface area contributed by atoms with Gasteiger partial charge in [-0.1, -0.05) is 12.8 Å². The van der Waals surface area contributed by atoms with Crippen LogP contribution in [0.15, 0.2) is 0 Å². The van der Waals surface area contributed by atoms with E-state index >= 15 is 0 Å². The summed E-state index contributed by atoms with van der Waals surface area (Å²) in [6, 6.07) is 0.122. The highest BCUT2D eigenvalue weighted by molar-refractivity contribution is 6.21. The number of ether oxygens (including phenoxy) is 1. The van der Waals surface area contributed by atoms with Crippen molar-refractivity contribution in [2.75, 3.05) is 13.2 Å². The van der Waals surface area contributed by atoms with Gasteiger partial charge in [-0.3, -0.25) is 4.74 Å². The van der Waals surface area contributed by atoms with Crippen LogP contribution in [0, 0.1) is 0 Å². The quantitative estimate of drug-likeness (QED) is 0.607. The standard InChI is InChI=1S/C9H15ClF3NO/c10-7-3-1-2-4-8(7)14-5-6-15-9(11,12)13/h7-8,14H,1-6H2. The molecule has 0 heterocycles. The average molecular weight is 246 g/mol. The summed E-state index contributed by atoms with van der Waals surface area (Å²) < 4.78 is 38.5. The van der Waals surface area contributed by atoms with Gasteiger partial charge < -0.3 is 5.32 Å². The summed E-state index contributed by atoms with van der Waals surface area (Å²) >= 11 is 6.03. The minimum absolute atomic E-state index is 0.0321. The molecular formula is C9H15ClF3NO. The third-order valence-electron chi connectivity index (χ3n) is 2.46. The smallest absolute Gasteiger partial charge is 0.310 e. The molecule has 2 nitrogen and oxygen atoms in total. The lowest BCUT2D eigenvalue weighted by Gasteiger charge is -2.27. The molecule has 1 saturated carbocycles. The Hall–Kier alpha value is 0. The van der Waals surface area contributed by atoms with Gasteiger partial charge in [-0.05, 0) is 12.8 Å². The Labute approximate surface area is 92.1 Å². The van der Waals surface area contributed by atoms with E-state index in [1.165, 1.54) is 0 Å². The Bertz CT molecular complexity index is 189. The van der Waals surface area contributed by atoms with Gasteiger partial charge in [0.05, 0.1) is 6.61 Å². The van der Waals surface area contributed by atoms with Crippen LogP contribution < -0.4 is 5.32 Å². The fraction of sp³-hybridized carbons (Fsp3) is 1.00. The molecule has 90 valence electrons. The van der Waals surface area contributed by atoms with E-state index in [4.69, 9.17) is 11.6 Å². The molecule has 1 N–H and O–H groups in total. The Balaban J connectivity index is 2.08. The monoisotopic (exact) mass is 245 g/mol. The number of hydrogen-bond acceptors (Lipinski definition) is 2. The molecule has 15 heavy (non-hydrogen) atoms. The van der Waals surface area contributed by atoms with Crippen LogP contribution in [-0.2, 0) is 4.74 Å². The molecule has 0 radical (unpaired) electrons. The first kappa shape index (κ1) is 13.1. The van der Waals surface area contributed by atoms with Crippen molar-refractivity contribution in [2.45, 2.75) is 43.5 Å². The summed E-state index contributed by atoms with van der Waals surface area (Å²) in [6.45, 7) is -0.170. The van der Waals surface area contributed by atoms with Crippen LogP contribution in [0.2, 0.25) is 0 Å². The maximum Gasteiger partial charge on any atom is 0.522 e. The molecule has 1 aliphatic rings. The van der Waals surface area contributed by atoms with E-state index in [2.05, 4.69) is 10.1 Å². The van der Waals surface area contributed by atoms with Crippen LogP contribution in [0.25, 0.3) is 0 Å². The molecule has 0 aliphatic heterocycles. The molecule has 0 bridgehead atoms. The summed E-state index contributed by atoms with van der Waals surface area (Å²) in [5.74, 6) is 0. The van der Waals surface area contributed by atoms with Crippen LogP contribution in [0.1, 0.15) is 25.7 Å². The molecule has 1 aliphatic carbocycles. The van der Waals surface area contributed by atoms with E-state index in [1.54, 1.807) is 0 Å². The lowest BCUT2D eigenvalue weighted by Crippen LogP contribution is -2.41. The first-order valence-corrected chi connectivity index (χ1v) is 5.51. The van der Waals surface area contributed by atoms with Crippen molar-refractivity contribution >= 4 is 11.6 Å². The molecule has 0 saturated heterocycles. The number of alkyl halides is 4. The van der Waals surface area contributed by atoms with E-state index in [9.17, 15) is 13.2 Å². The number of hydrogen-bond donors (Lipinski definition) is 1. The maximum atomic E-state index is 11.6. The van der Waals surface area contributed by atoms with Crippen molar-refractivity contribution in [1.29, 1.82) is 0 Å². The summed E-state index contributed by atoms with van der Waals surface area (Å²) in [5.41, 5.74) is 0. The summed E-state index contributed by atoms with van der Waals surface area (Å²) in [7, 11) is 0. The number of rotatable bonds is 4. The van der Waals surface area contributed by atoms with Crippen molar-refractivity contribution in [2.24, 2.45) is 0 Å². The topological polar surface area (TPSA) is 21.3 Å². The van der Waals surface area contributed by atoms with E-state index < -0.39 is 6.36 Å². The molecule has 0 aromatic rings. The largest absolute Gasteiger partial charge is 0.522 e. The van der Waals surface area contributed by atoms with Crippen LogP contribution in [0.3, 0.4) is 0 Å². The highest BCUT2D eigenvalue weighted by atomic mass is 35.5. The number of halogens is 4. The van der Waals surface area contributed by atoms with Crippen molar-refractivity contribution in [3.05, 3.63) is 0 Å². The molecule has 0 amide bonds. The van der Waals surface area contributed by atoms with E-state index in [1.807, 2.05) is 0 Å². The second-order valence-corrected chi connectivity index (χ2v) is 4.22. The predicted octanol–water partition coefficient (Wildman–Crippen LogP) is 2.66. The molecule has 0 aromatic carbocycles. The van der Waals surface area contributed by atoms with Crippen molar-refractivity contribution in [1.82, 2.24) is 5.32 Å². The molecule has 1 fully saturated rings. The Morgan fingerprint density at radius 3 is 2.53 bits per heavy atom. The zero-order chi connectivity index (χ0) is 11.3. The van der Waals surface area contributed by atoms with Crippen molar-refractivity contribution in [3.63, 3.8) is 0 Å². The zero-order valence-electron chi connectivity index (χ0n) is 8.32. The van der Waals surface area contributed by atoms with Gasteiger partial charge in [-0.15, -0.1) is 24.8 Å². The van der Waals surface area contributed by atoms with Gasteiger partial charge >= 0.3 is 6.36 Å². The summed E-state index contributed by atoms with van der Waals surface area (Å²) in [4.78, 5) is 0. The lowest BCUT2D eigenvalue weighted by atomic mass is 9.95. The van der Waals surface area contributed by atoms with E-state index in [0.717, 1.165) is 25.7 Å². The van der Waals surface area contributed by atoms with Gasteiger partial charge in [0.25, 0.3) is 0 Å². The fourth-order valence-electron chi connectivity index (χ4n) is 1.73. The molecule has 6 heteroatoms. The minimum Gasteiger partial charge on any atom is -0.310 e. The van der Waals surface area contributed by atoms with Crippen LogP contribution in [0.5, 0.6) is 0 Å². The second-order valence-electron chi connectivity index (χ2n) is 3.66.